The summed E-state index contributed by atoms with van der Waals surface area (Å²) in [6.07, 6.45) is 0. The van der Waals surface area contributed by atoms with E-state index in [0.717, 1.165) is 5.56 Å². The number of hydrogen-bond acceptors (Lipinski definition) is 5. The topological polar surface area (TPSA) is 117 Å². The number of ether oxygens (including phenoxy) is 1. The predicted molar refractivity (Wildman–Crippen MR) is 90.6 cm³/mol. The van der Waals surface area contributed by atoms with E-state index in [1.165, 1.54) is 0 Å². The van der Waals surface area contributed by atoms with E-state index in [-0.39, 0.29) is 0 Å². The third-order valence-corrected chi connectivity index (χ3v) is 3.29. The molecule has 0 aliphatic carbocycles. The summed E-state index contributed by atoms with van der Waals surface area (Å²) in [6.45, 7) is 0.434. The largest absolute Gasteiger partial charge is 0.489 e. The number of nitrogens with one attached hydrogen (secondary N) is 3. The molecule has 126 valence electrons. The van der Waals surface area contributed by atoms with Crippen molar-refractivity contribution in [2.24, 2.45) is 0 Å². The normalized spacial score (nSPS) is 10.2. The van der Waals surface area contributed by atoms with Crippen LogP contribution in [0.25, 0.3) is 0 Å². The first kappa shape index (κ1) is 16.2. The van der Waals surface area contributed by atoms with Crippen molar-refractivity contribution < 1.29 is 9.53 Å². The number of nitrogens with zero attached hydrogens (tertiary/aromatic N) is 1. The van der Waals surface area contributed by atoms with Gasteiger partial charge in [0.15, 0.2) is 0 Å². The molecule has 0 saturated carbocycles. The van der Waals surface area contributed by atoms with Crippen LogP contribution in [-0.4, -0.2) is 21.1 Å². The smallest absolute Gasteiger partial charge is 0.342 e. The Morgan fingerprint density at radius 3 is 2.44 bits per heavy atom. The van der Waals surface area contributed by atoms with E-state index in [0.29, 0.717) is 18.0 Å². The van der Waals surface area contributed by atoms with Gasteiger partial charge in [-0.15, -0.1) is 0 Å². The van der Waals surface area contributed by atoms with Crippen LogP contribution in [0, 0.1) is 0 Å². The summed E-state index contributed by atoms with van der Waals surface area (Å²) in [7, 11) is 0. The Bertz CT molecular complexity index is 978. The first-order valence-corrected chi connectivity index (χ1v) is 7.39. The summed E-state index contributed by atoms with van der Waals surface area (Å²) in [6, 6.07) is 16.4. The molecule has 3 N–H and O–H groups in total. The van der Waals surface area contributed by atoms with Crippen molar-refractivity contribution in [3.63, 3.8) is 0 Å². The number of hydrogen-bond donors (Lipinski definition) is 3. The Morgan fingerprint density at radius 1 is 1.04 bits per heavy atom. The average Bonchev–Trinajstić information content (AvgIpc) is 2.62. The van der Waals surface area contributed by atoms with Crippen LogP contribution in [0.15, 0.2) is 64.2 Å². The molecule has 1 aromatic heterocycles. The van der Waals surface area contributed by atoms with Crippen LogP contribution >= 0.6 is 0 Å². The minimum atomic E-state index is -0.857. The Balaban J connectivity index is 1.63. The fourth-order valence-electron chi connectivity index (χ4n) is 2.07. The number of H-pyrrole nitrogens is 2. The lowest BCUT2D eigenvalue weighted by Crippen LogP contribution is -2.32. The monoisotopic (exact) mass is 338 g/mol. The Morgan fingerprint density at radius 2 is 1.76 bits per heavy atom. The first-order valence-electron chi connectivity index (χ1n) is 7.39. The van der Waals surface area contributed by atoms with Gasteiger partial charge in [-0.3, -0.25) is 14.6 Å². The number of carbonyl (C=O) groups is 1. The Hall–Kier alpha value is -3.68. The molecule has 3 aromatic rings. The van der Waals surface area contributed by atoms with E-state index in [1.807, 2.05) is 40.4 Å². The zero-order chi connectivity index (χ0) is 17.6. The lowest BCUT2D eigenvalue weighted by Gasteiger charge is -2.08. The highest BCUT2D eigenvalue weighted by Gasteiger charge is 2.13. The molecule has 0 spiro atoms. The molecule has 0 aliphatic rings. The second-order valence-corrected chi connectivity index (χ2v) is 5.11. The highest BCUT2D eigenvalue weighted by molar-refractivity contribution is 6.02. The third kappa shape index (κ3) is 4.20. The van der Waals surface area contributed by atoms with Crippen molar-refractivity contribution in [1.29, 1.82) is 0 Å². The molecular weight excluding hydrogens is 324 g/mol. The van der Waals surface area contributed by atoms with Crippen molar-refractivity contribution in [2.75, 3.05) is 5.32 Å². The maximum atomic E-state index is 12.0. The van der Waals surface area contributed by atoms with Crippen LogP contribution in [0.4, 0.5) is 5.69 Å². The summed E-state index contributed by atoms with van der Waals surface area (Å²) in [4.78, 5) is 36.4. The lowest BCUT2D eigenvalue weighted by atomic mass is 10.2. The van der Waals surface area contributed by atoms with Gasteiger partial charge in [-0.1, -0.05) is 30.3 Å². The van der Waals surface area contributed by atoms with Crippen LogP contribution in [0.3, 0.4) is 0 Å². The number of rotatable bonds is 5. The summed E-state index contributed by atoms with van der Waals surface area (Å²) in [5.74, 6) is -0.0858. The molecule has 0 bridgehead atoms. The number of aromatic amines is 2. The number of anilines is 1. The fourth-order valence-corrected chi connectivity index (χ4v) is 2.07. The molecule has 0 radical (unpaired) electrons. The highest BCUT2D eigenvalue weighted by Crippen LogP contribution is 2.17. The van der Waals surface area contributed by atoms with E-state index >= 15 is 0 Å². The van der Waals surface area contributed by atoms with Gasteiger partial charge in [0.25, 0.3) is 11.5 Å². The van der Waals surface area contributed by atoms with Gasteiger partial charge in [0.2, 0.25) is 5.69 Å². The molecule has 0 unspecified atom stereocenters. The van der Waals surface area contributed by atoms with Crippen molar-refractivity contribution in [3.05, 3.63) is 86.7 Å². The summed E-state index contributed by atoms with van der Waals surface area (Å²) >= 11 is 0. The fraction of sp³-hybridized carbons (Fsp3) is 0.0588. The zero-order valence-electron chi connectivity index (χ0n) is 13.0. The van der Waals surface area contributed by atoms with Crippen LogP contribution < -0.4 is 21.3 Å². The van der Waals surface area contributed by atoms with Gasteiger partial charge in [0.1, 0.15) is 12.4 Å². The van der Waals surface area contributed by atoms with E-state index in [9.17, 15) is 14.4 Å². The number of carbonyl (C=O) groups excluding carboxylic acids is 1. The highest BCUT2D eigenvalue weighted by atomic mass is 16.5. The zero-order valence-corrected chi connectivity index (χ0v) is 13.0. The maximum Gasteiger partial charge on any atom is 0.342 e. The van der Waals surface area contributed by atoms with Crippen LogP contribution in [0.1, 0.15) is 16.1 Å². The molecule has 0 atom stereocenters. The molecule has 25 heavy (non-hydrogen) atoms. The van der Waals surface area contributed by atoms with Gasteiger partial charge < -0.3 is 10.1 Å². The minimum Gasteiger partial charge on any atom is -0.489 e. The van der Waals surface area contributed by atoms with Gasteiger partial charge in [-0.05, 0) is 29.8 Å². The standard InChI is InChI=1S/C17H14N4O4/c22-15(14-16(23)19-17(24)21-20-14)18-12-6-8-13(9-7-12)25-10-11-4-2-1-3-5-11/h1-9H,10H2,(H,18,22)(H2,19,21,23,24). The molecule has 1 amide bonds. The van der Waals surface area contributed by atoms with Crippen molar-refractivity contribution in [1.82, 2.24) is 15.2 Å². The molecular formula is C17H14N4O4. The Kier molecular flexibility index (Phi) is 4.70. The third-order valence-electron chi connectivity index (χ3n) is 3.29. The lowest BCUT2D eigenvalue weighted by molar-refractivity contribution is 0.101. The molecule has 1 heterocycles. The van der Waals surface area contributed by atoms with Gasteiger partial charge in [-0.2, -0.15) is 5.10 Å². The van der Waals surface area contributed by atoms with Gasteiger partial charge >= 0.3 is 5.69 Å². The predicted octanol–water partition coefficient (Wildman–Crippen LogP) is 1.29. The summed E-state index contributed by atoms with van der Waals surface area (Å²) < 4.78 is 5.65. The van der Waals surface area contributed by atoms with Crippen LogP contribution in [-0.2, 0) is 6.61 Å². The molecule has 0 fully saturated rings. The van der Waals surface area contributed by atoms with Gasteiger partial charge in [-0.25, -0.2) is 9.89 Å². The maximum absolute atomic E-state index is 12.0. The van der Waals surface area contributed by atoms with Crippen LogP contribution in [0.5, 0.6) is 5.75 Å². The number of amides is 1. The molecule has 8 nitrogen and oxygen atoms in total. The SMILES string of the molecule is O=C(Nc1ccc(OCc2ccccc2)cc1)c1n[nH]c(=O)[nH]c1=O. The number of aromatic nitrogens is 3. The molecule has 8 heteroatoms. The van der Waals surface area contributed by atoms with E-state index in [2.05, 4.69) is 10.4 Å². The van der Waals surface area contributed by atoms with Crippen molar-refractivity contribution in [3.8, 4) is 5.75 Å². The molecule has 0 saturated heterocycles. The average molecular weight is 338 g/mol. The molecule has 2 aromatic carbocycles. The summed E-state index contributed by atoms with van der Waals surface area (Å²) in [5.41, 5.74) is -0.553. The quantitative estimate of drug-likeness (QED) is 0.648. The van der Waals surface area contributed by atoms with Crippen molar-refractivity contribution >= 4 is 11.6 Å². The first-order chi connectivity index (χ1) is 12.1. The number of benzene rings is 2. The van der Waals surface area contributed by atoms with Gasteiger partial charge in [0, 0.05) is 5.69 Å². The molecule has 0 aliphatic heterocycles. The van der Waals surface area contributed by atoms with E-state index < -0.39 is 22.9 Å². The van der Waals surface area contributed by atoms with E-state index in [4.69, 9.17) is 4.74 Å². The van der Waals surface area contributed by atoms with Crippen molar-refractivity contribution in [2.45, 2.75) is 6.61 Å². The van der Waals surface area contributed by atoms with Crippen LogP contribution in [0.2, 0.25) is 0 Å². The van der Waals surface area contributed by atoms with E-state index in [1.54, 1.807) is 24.3 Å². The second-order valence-electron chi connectivity index (χ2n) is 5.11. The Labute approximate surface area is 141 Å². The van der Waals surface area contributed by atoms with Gasteiger partial charge in [0.05, 0.1) is 0 Å². The second kappa shape index (κ2) is 7.26. The minimum absolute atomic E-state index is 0.427. The molecule has 3 rings (SSSR count). The summed E-state index contributed by atoms with van der Waals surface area (Å²) in [5, 5.41) is 7.96.